The van der Waals surface area contributed by atoms with Gasteiger partial charge >= 0.3 is 0 Å². The third-order valence-electron chi connectivity index (χ3n) is 3.33. The topological polar surface area (TPSA) is 53.1 Å². The van der Waals surface area contributed by atoms with Crippen molar-refractivity contribution in [2.75, 3.05) is 12.3 Å². The molecule has 20 heavy (non-hydrogen) atoms. The van der Waals surface area contributed by atoms with Crippen LogP contribution in [0.25, 0.3) is 11.0 Å². The Labute approximate surface area is 117 Å². The van der Waals surface area contributed by atoms with E-state index < -0.39 is 0 Å². The van der Waals surface area contributed by atoms with Crippen molar-refractivity contribution in [2.45, 2.75) is 6.42 Å². The van der Waals surface area contributed by atoms with Crippen molar-refractivity contribution in [3.05, 3.63) is 54.4 Å². The summed E-state index contributed by atoms with van der Waals surface area (Å²) in [5, 5.41) is 0. The van der Waals surface area contributed by atoms with E-state index in [4.69, 9.17) is 10.5 Å². The molecular weight excluding hydrogens is 250 g/mol. The Morgan fingerprint density at radius 3 is 2.80 bits per heavy atom. The molecule has 0 saturated carbocycles. The molecule has 0 bridgehead atoms. The molecule has 0 unspecified atom stereocenters. The highest BCUT2D eigenvalue weighted by Gasteiger charge is 2.06. The zero-order valence-electron chi connectivity index (χ0n) is 11.4. The second-order valence-corrected chi connectivity index (χ2v) is 4.75. The molecule has 2 aromatic carbocycles. The number of ether oxygens (including phenoxy) is 1. The van der Waals surface area contributed by atoms with Crippen molar-refractivity contribution in [1.29, 1.82) is 0 Å². The number of aryl methyl sites for hydroxylation is 1. The maximum Gasteiger partial charge on any atom is 0.121 e. The van der Waals surface area contributed by atoms with Gasteiger partial charge in [-0.25, -0.2) is 4.98 Å². The van der Waals surface area contributed by atoms with Gasteiger partial charge in [-0.05, 0) is 24.3 Å². The number of hydrogen-bond donors (Lipinski definition) is 1. The van der Waals surface area contributed by atoms with Gasteiger partial charge in [0, 0.05) is 25.2 Å². The van der Waals surface area contributed by atoms with Crippen LogP contribution in [0.15, 0.2) is 48.5 Å². The molecule has 0 aliphatic carbocycles. The van der Waals surface area contributed by atoms with Gasteiger partial charge in [0.2, 0.25) is 0 Å². The first-order chi connectivity index (χ1) is 9.74. The first kappa shape index (κ1) is 12.5. The lowest BCUT2D eigenvalue weighted by atomic mass is 10.3. The Balaban J connectivity index is 1.69. The van der Waals surface area contributed by atoms with E-state index in [0.29, 0.717) is 12.3 Å². The van der Waals surface area contributed by atoms with Crippen LogP contribution in [0, 0.1) is 0 Å². The number of nitrogens with two attached hydrogens (primary N) is 1. The largest absolute Gasteiger partial charge is 0.493 e. The molecule has 4 nitrogen and oxygen atoms in total. The Morgan fingerprint density at radius 2 is 2.00 bits per heavy atom. The number of imidazole rings is 1. The quantitative estimate of drug-likeness (QED) is 0.739. The minimum absolute atomic E-state index is 0.584. The third-order valence-corrected chi connectivity index (χ3v) is 3.33. The summed E-state index contributed by atoms with van der Waals surface area (Å²) >= 11 is 0. The molecule has 2 N–H and O–H groups in total. The average Bonchev–Trinajstić information content (AvgIpc) is 2.76. The summed E-state index contributed by atoms with van der Waals surface area (Å²) in [7, 11) is 2.03. The molecule has 0 aliphatic heterocycles. The van der Waals surface area contributed by atoms with Crippen molar-refractivity contribution in [1.82, 2.24) is 9.55 Å². The second-order valence-electron chi connectivity index (χ2n) is 4.75. The third kappa shape index (κ3) is 2.45. The van der Waals surface area contributed by atoms with E-state index >= 15 is 0 Å². The Kier molecular flexibility index (Phi) is 3.29. The number of aromatic nitrogens is 2. The summed E-state index contributed by atoms with van der Waals surface area (Å²) in [6.07, 6.45) is 0.764. The number of nitrogen functional groups attached to an aromatic ring is 1. The number of para-hydroxylation sites is 2. The molecule has 1 heterocycles. The van der Waals surface area contributed by atoms with Gasteiger partial charge in [0.25, 0.3) is 0 Å². The molecule has 0 atom stereocenters. The summed E-state index contributed by atoms with van der Waals surface area (Å²) in [6, 6.07) is 15.6. The summed E-state index contributed by atoms with van der Waals surface area (Å²) in [6.45, 7) is 0.584. The smallest absolute Gasteiger partial charge is 0.121 e. The van der Waals surface area contributed by atoms with E-state index in [2.05, 4.69) is 15.6 Å². The summed E-state index contributed by atoms with van der Waals surface area (Å²) in [4.78, 5) is 4.62. The maximum absolute atomic E-state index is 5.72. The fourth-order valence-corrected chi connectivity index (χ4v) is 2.28. The lowest BCUT2D eigenvalue weighted by Gasteiger charge is -2.06. The van der Waals surface area contributed by atoms with Gasteiger partial charge in [-0.2, -0.15) is 0 Å². The molecule has 0 aliphatic rings. The van der Waals surface area contributed by atoms with Crippen LogP contribution in [0.4, 0.5) is 5.69 Å². The number of hydrogen-bond acceptors (Lipinski definition) is 3. The number of anilines is 1. The van der Waals surface area contributed by atoms with Crippen molar-refractivity contribution in [3.63, 3.8) is 0 Å². The zero-order valence-corrected chi connectivity index (χ0v) is 11.4. The van der Waals surface area contributed by atoms with Crippen LogP contribution in [0.1, 0.15) is 5.82 Å². The van der Waals surface area contributed by atoms with E-state index in [9.17, 15) is 0 Å². The maximum atomic E-state index is 5.72. The van der Waals surface area contributed by atoms with Crippen LogP contribution in [0.3, 0.4) is 0 Å². The van der Waals surface area contributed by atoms with Crippen LogP contribution in [0.5, 0.6) is 5.75 Å². The molecule has 102 valence electrons. The highest BCUT2D eigenvalue weighted by molar-refractivity contribution is 5.75. The van der Waals surface area contributed by atoms with Crippen molar-refractivity contribution in [3.8, 4) is 5.75 Å². The zero-order chi connectivity index (χ0) is 13.9. The van der Waals surface area contributed by atoms with Crippen LogP contribution < -0.4 is 10.5 Å². The highest BCUT2D eigenvalue weighted by Crippen LogP contribution is 2.16. The molecule has 3 rings (SSSR count). The molecule has 0 radical (unpaired) electrons. The van der Waals surface area contributed by atoms with E-state index in [-0.39, 0.29) is 0 Å². The average molecular weight is 267 g/mol. The van der Waals surface area contributed by atoms with E-state index in [1.54, 1.807) is 0 Å². The molecule has 4 heteroatoms. The Bertz CT molecular complexity index is 733. The lowest BCUT2D eigenvalue weighted by molar-refractivity contribution is 0.318. The lowest BCUT2D eigenvalue weighted by Crippen LogP contribution is -2.06. The van der Waals surface area contributed by atoms with Gasteiger partial charge in [-0.1, -0.05) is 18.2 Å². The summed E-state index contributed by atoms with van der Waals surface area (Å²) in [5.41, 5.74) is 8.60. The van der Waals surface area contributed by atoms with Gasteiger partial charge in [0.15, 0.2) is 0 Å². The summed E-state index contributed by atoms with van der Waals surface area (Å²) < 4.78 is 7.82. The number of rotatable bonds is 4. The van der Waals surface area contributed by atoms with Crippen molar-refractivity contribution < 1.29 is 4.74 Å². The summed E-state index contributed by atoms with van der Waals surface area (Å²) in [5.74, 6) is 1.82. The van der Waals surface area contributed by atoms with Crippen LogP contribution >= 0.6 is 0 Å². The predicted molar refractivity (Wildman–Crippen MR) is 80.8 cm³/mol. The van der Waals surface area contributed by atoms with Gasteiger partial charge in [0.1, 0.15) is 11.6 Å². The minimum Gasteiger partial charge on any atom is -0.493 e. The number of nitrogens with zero attached hydrogens (tertiary/aromatic N) is 2. The van der Waals surface area contributed by atoms with Crippen molar-refractivity contribution >= 4 is 16.7 Å². The van der Waals surface area contributed by atoms with Gasteiger partial charge < -0.3 is 15.0 Å². The van der Waals surface area contributed by atoms with E-state index in [1.807, 2.05) is 49.5 Å². The molecule has 0 spiro atoms. The van der Waals surface area contributed by atoms with E-state index in [1.165, 1.54) is 0 Å². The fraction of sp³-hybridized carbons (Fsp3) is 0.188. The van der Waals surface area contributed by atoms with Crippen LogP contribution in [0.2, 0.25) is 0 Å². The Morgan fingerprint density at radius 1 is 1.15 bits per heavy atom. The van der Waals surface area contributed by atoms with Crippen LogP contribution in [-0.2, 0) is 13.5 Å². The Hall–Kier alpha value is -2.49. The predicted octanol–water partition coefficient (Wildman–Crippen LogP) is 2.78. The molecular formula is C16H17N3O. The normalized spacial score (nSPS) is 10.8. The minimum atomic E-state index is 0.584. The highest BCUT2D eigenvalue weighted by atomic mass is 16.5. The van der Waals surface area contributed by atoms with Crippen molar-refractivity contribution in [2.24, 2.45) is 7.05 Å². The van der Waals surface area contributed by atoms with Gasteiger partial charge in [-0.3, -0.25) is 0 Å². The van der Waals surface area contributed by atoms with E-state index in [0.717, 1.165) is 29.0 Å². The first-order valence-electron chi connectivity index (χ1n) is 6.63. The molecule has 1 aromatic heterocycles. The number of benzene rings is 2. The number of fused-ring (bicyclic) bond motifs is 1. The molecule has 3 aromatic rings. The molecule has 0 saturated heterocycles. The molecule has 0 amide bonds. The monoisotopic (exact) mass is 267 g/mol. The van der Waals surface area contributed by atoms with Crippen LogP contribution in [-0.4, -0.2) is 16.2 Å². The first-order valence-corrected chi connectivity index (χ1v) is 6.63. The SMILES string of the molecule is Cn1c(CCOc2cccc(N)c2)nc2ccccc21. The standard InChI is InChI=1S/C16H17N3O/c1-19-15-8-3-2-7-14(15)18-16(19)9-10-20-13-6-4-5-12(17)11-13/h2-8,11H,9-10,17H2,1H3. The van der Waals surface area contributed by atoms with Gasteiger partial charge in [0.05, 0.1) is 17.6 Å². The fourth-order valence-electron chi connectivity index (χ4n) is 2.28. The molecule has 0 fully saturated rings. The second kappa shape index (κ2) is 5.25. The van der Waals surface area contributed by atoms with Gasteiger partial charge in [-0.15, -0.1) is 0 Å².